The zero-order valence-electron chi connectivity index (χ0n) is 11.1. The molecule has 20 heavy (non-hydrogen) atoms. The van der Waals surface area contributed by atoms with E-state index in [0.717, 1.165) is 17.4 Å². The first-order valence-electron chi connectivity index (χ1n) is 6.26. The molecule has 0 N–H and O–H groups in total. The number of hydrogen-bond acceptors (Lipinski definition) is 1. The maximum absolute atomic E-state index is 11.2. The molecule has 0 aromatic heterocycles. The van der Waals surface area contributed by atoms with E-state index in [1.165, 1.54) is 5.56 Å². The van der Waals surface area contributed by atoms with Crippen molar-refractivity contribution in [2.75, 3.05) is 0 Å². The Hall–Kier alpha value is -1.57. The van der Waals surface area contributed by atoms with Crippen LogP contribution in [0.2, 0.25) is 10.0 Å². The van der Waals surface area contributed by atoms with Crippen LogP contribution in [0.5, 0.6) is 0 Å². The Kier molecular flexibility index (Phi) is 4.99. The van der Waals surface area contributed by atoms with Gasteiger partial charge in [-0.25, -0.2) is 0 Å². The fourth-order valence-corrected chi connectivity index (χ4v) is 2.20. The Bertz CT molecular complexity index is 643. The Morgan fingerprint density at radius 3 is 2.35 bits per heavy atom. The largest absolute Gasteiger partial charge is 0.298 e. The highest BCUT2D eigenvalue weighted by Crippen LogP contribution is 2.23. The molecule has 0 heterocycles. The third-order valence-corrected chi connectivity index (χ3v) is 3.79. The predicted octanol–water partition coefficient (Wildman–Crippen LogP) is 5.13. The van der Waals surface area contributed by atoms with Crippen LogP contribution in [0.4, 0.5) is 0 Å². The van der Waals surface area contributed by atoms with E-state index in [1.54, 1.807) is 6.07 Å². The maximum atomic E-state index is 11.2. The molecule has 1 nitrogen and oxygen atoms in total. The number of allylic oxidation sites excluding steroid dienone is 2. The molecule has 2 rings (SSSR count). The molecule has 0 bridgehead atoms. The summed E-state index contributed by atoms with van der Waals surface area (Å²) in [4.78, 5) is 11.2. The quantitative estimate of drug-likeness (QED) is 0.565. The molecule has 0 fully saturated rings. The van der Waals surface area contributed by atoms with Gasteiger partial charge in [-0.15, -0.1) is 0 Å². The van der Waals surface area contributed by atoms with Gasteiger partial charge in [-0.1, -0.05) is 65.2 Å². The molecule has 0 spiro atoms. The zero-order chi connectivity index (χ0) is 14.5. The van der Waals surface area contributed by atoms with Gasteiger partial charge >= 0.3 is 0 Å². The molecular formula is C17H14Cl2O. The Labute approximate surface area is 128 Å². The minimum atomic E-state index is 0.528. The van der Waals surface area contributed by atoms with Crippen LogP contribution in [0.25, 0.3) is 5.57 Å². The Morgan fingerprint density at radius 2 is 1.75 bits per heavy atom. The van der Waals surface area contributed by atoms with E-state index < -0.39 is 0 Å². The highest BCUT2D eigenvalue weighted by molar-refractivity contribution is 6.42. The van der Waals surface area contributed by atoms with Gasteiger partial charge < -0.3 is 0 Å². The number of carbonyl (C=O) groups excluding carboxylic acids is 1. The van der Waals surface area contributed by atoms with Crippen LogP contribution in [0, 0.1) is 6.92 Å². The molecule has 0 unspecified atom stereocenters. The predicted molar refractivity (Wildman–Crippen MR) is 85.4 cm³/mol. The molecule has 0 aliphatic rings. The van der Waals surface area contributed by atoms with Crippen LogP contribution in [0.15, 0.2) is 48.5 Å². The summed E-state index contributed by atoms with van der Waals surface area (Å²) in [6.45, 7) is 2.02. The second kappa shape index (κ2) is 6.74. The summed E-state index contributed by atoms with van der Waals surface area (Å²) in [5, 5.41) is 1.06. The molecule has 2 aromatic carbocycles. The zero-order valence-corrected chi connectivity index (χ0v) is 12.6. The van der Waals surface area contributed by atoms with Crippen molar-refractivity contribution in [2.24, 2.45) is 0 Å². The van der Waals surface area contributed by atoms with E-state index in [-0.39, 0.29) is 0 Å². The lowest BCUT2D eigenvalue weighted by atomic mass is 10.0. The summed E-state index contributed by atoms with van der Waals surface area (Å²) >= 11 is 11.9. The van der Waals surface area contributed by atoms with Crippen LogP contribution in [0.3, 0.4) is 0 Å². The van der Waals surface area contributed by atoms with E-state index >= 15 is 0 Å². The SMILES string of the molecule is Cc1ccc(/C(C=O)=C\Cc2ccc(Cl)c(Cl)c2)cc1. The summed E-state index contributed by atoms with van der Waals surface area (Å²) in [5.41, 5.74) is 3.79. The average Bonchev–Trinajstić information content (AvgIpc) is 2.45. The molecule has 0 amide bonds. The average molecular weight is 305 g/mol. The van der Waals surface area contributed by atoms with Crippen LogP contribution in [-0.4, -0.2) is 6.29 Å². The van der Waals surface area contributed by atoms with Crippen molar-refractivity contribution >= 4 is 35.1 Å². The second-order valence-corrected chi connectivity index (χ2v) is 5.41. The highest BCUT2D eigenvalue weighted by atomic mass is 35.5. The summed E-state index contributed by atoms with van der Waals surface area (Å²) < 4.78 is 0. The first kappa shape index (κ1) is 14.8. The van der Waals surface area contributed by atoms with E-state index in [2.05, 4.69) is 0 Å². The fraction of sp³-hybridized carbons (Fsp3) is 0.118. The first-order chi connectivity index (χ1) is 9.60. The topological polar surface area (TPSA) is 17.1 Å². The van der Waals surface area contributed by atoms with Gasteiger partial charge in [0.25, 0.3) is 0 Å². The third-order valence-electron chi connectivity index (χ3n) is 3.05. The number of rotatable bonds is 4. The van der Waals surface area contributed by atoms with E-state index in [9.17, 15) is 4.79 Å². The summed E-state index contributed by atoms with van der Waals surface area (Å²) in [5.74, 6) is 0. The summed E-state index contributed by atoms with van der Waals surface area (Å²) in [7, 11) is 0. The van der Waals surface area contributed by atoms with E-state index in [0.29, 0.717) is 22.0 Å². The minimum Gasteiger partial charge on any atom is -0.298 e. The van der Waals surface area contributed by atoms with Gasteiger partial charge in [0.2, 0.25) is 0 Å². The molecule has 2 aromatic rings. The van der Waals surface area contributed by atoms with Crippen molar-refractivity contribution in [3.05, 3.63) is 75.3 Å². The van der Waals surface area contributed by atoms with Crippen LogP contribution >= 0.6 is 23.2 Å². The third kappa shape index (κ3) is 3.72. The maximum Gasteiger partial charge on any atom is 0.150 e. The molecule has 0 saturated carbocycles. The van der Waals surface area contributed by atoms with Gasteiger partial charge in [0.05, 0.1) is 10.0 Å². The smallest absolute Gasteiger partial charge is 0.150 e. The van der Waals surface area contributed by atoms with E-state index in [4.69, 9.17) is 23.2 Å². The molecule has 0 radical (unpaired) electrons. The minimum absolute atomic E-state index is 0.528. The van der Waals surface area contributed by atoms with Crippen molar-refractivity contribution in [1.29, 1.82) is 0 Å². The molecular weight excluding hydrogens is 291 g/mol. The van der Waals surface area contributed by atoms with Crippen molar-refractivity contribution in [2.45, 2.75) is 13.3 Å². The second-order valence-electron chi connectivity index (χ2n) is 4.60. The van der Waals surface area contributed by atoms with Gasteiger partial charge in [0, 0.05) is 5.57 Å². The van der Waals surface area contributed by atoms with Crippen molar-refractivity contribution in [3.8, 4) is 0 Å². The van der Waals surface area contributed by atoms with Crippen molar-refractivity contribution in [1.82, 2.24) is 0 Å². The molecule has 0 aliphatic heterocycles. The number of aryl methyl sites for hydroxylation is 1. The highest BCUT2D eigenvalue weighted by Gasteiger charge is 2.02. The van der Waals surface area contributed by atoms with E-state index in [1.807, 2.05) is 49.4 Å². The van der Waals surface area contributed by atoms with Crippen LogP contribution in [0.1, 0.15) is 16.7 Å². The lowest BCUT2D eigenvalue weighted by Gasteiger charge is -2.03. The molecule has 0 atom stereocenters. The van der Waals surface area contributed by atoms with Gasteiger partial charge in [-0.2, -0.15) is 0 Å². The monoisotopic (exact) mass is 304 g/mol. The molecule has 0 saturated heterocycles. The number of hydrogen-bond donors (Lipinski definition) is 0. The normalized spacial score (nSPS) is 11.4. The Balaban J connectivity index is 2.21. The number of carbonyl (C=O) groups is 1. The first-order valence-corrected chi connectivity index (χ1v) is 7.02. The summed E-state index contributed by atoms with van der Waals surface area (Å²) in [6, 6.07) is 13.4. The Morgan fingerprint density at radius 1 is 1.05 bits per heavy atom. The number of benzene rings is 2. The van der Waals surface area contributed by atoms with Gasteiger partial charge in [-0.3, -0.25) is 4.79 Å². The number of aldehydes is 1. The van der Waals surface area contributed by atoms with Crippen LogP contribution < -0.4 is 0 Å². The fourth-order valence-electron chi connectivity index (χ4n) is 1.87. The van der Waals surface area contributed by atoms with Crippen molar-refractivity contribution in [3.63, 3.8) is 0 Å². The summed E-state index contributed by atoms with van der Waals surface area (Å²) in [6.07, 6.45) is 3.41. The lowest BCUT2D eigenvalue weighted by molar-refractivity contribution is -0.103. The molecule has 102 valence electrons. The van der Waals surface area contributed by atoms with Gasteiger partial charge in [-0.05, 0) is 36.6 Å². The van der Waals surface area contributed by atoms with Crippen LogP contribution in [-0.2, 0) is 11.2 Å². The van der Waals surface area contributed by atoms with Crippen molar-refractivity contribution < 1.29 is 4.79 Å². The van der Waals surface area contributed by atoms with Gasteiger partial charge in [0.1, 0.15) is 6.29 Å². The number of halogens is 2. The lowest BCUT2D eigenvalue weighted by Crippen LogP contribution is -1.89. The molecule has 3 heteroatoms. The van der Waals surface area contributed by atoms with Gasteiger partial charge in [0.15, 0.2) is 0 Å². The molecule has 0 aliphatic carbocycles. The standard InChI is InChI=1S/C17H14Cl2O/c1-12-2-6-14(7-3-12)15(11-20)8-4-13-5-9-16(18)17(19)10-13/h2-3,5-11H,4H2,1H3/b15-8-.